The summed E-state index contributed by atoms with van der Waals surface area (Å²) >= 11 is 9.19. The number of rotatable bonds is 5. The third-order valence-corrected chi connectivity index (χ3v) is 5.40. The molecular formula is C15H13BrClNO4S. The van der Waals surface area contributed by atoms with Crippen molar-refractivity contribution >= 4 is 43.5 Å². The van der Waals surface area contributed by atoms with E-state index in [0.717, 1.165) is 0 Å². The molecule has 0 aliphatic carbocycles. The number of benzene rings is 2. The highest BCUT2D eigenvalue weighted by molar-refractivity contribution is 9.10. The zero-order valence-electron chi connectivity index (χ0n) is 12.0. The van der Waals surface area contributed by atoms with Crippen LogP contribution in [-0.2, 0) is 21.3 Å². The summed E-state index contributed by atoms with van der Waals surface area (Å²) in [5, 5.41) is 0.132. The number of hydrogen-bond donors (Lipinski definition) is 1. The quantitative estimate of drug-likeness (QED) is 0.756. The largest absolute Gasteiger partial charge is 0.465 e. The van der Waals surface area contributed by atoms with Gasteiger partial charge in [0.25, 0.3) is 0 Å². The summed E-state index contributed by atoms with van der Waals surface area (Å²) in [5.74, 6) is -0.446. The predicted octanol–water partition coefficient (Wildman–Crippen LogP) is 3.37. The van der Waals surface area contributed by atoms with Gasteiger partial charge in [0, 0.05) is 11.0 Å². The number of halogens is 2. The van der Waals surface area contributed by atoms with Crippen LogP contribution in [0.5, 0.6) is 0 Å². The Hall–Kier alpha value is -1.41. The number of nitrogens with one attached hydrogen (secondary N) is 1. The molecule has 0 bridgehead atoms. The molecule has 0 radical (unpaired) electrons. The first-order valence-electron chi connectivity index (χ1n) is 6.45. The minimum atomic E-state index is -3.73. The Labute approximate surface area is 147 Å². The van der Waals surface area contributed by atoms with Crippen molar-refractivity contribution in [1.82, 2.24) is 4.72 Å². The maximum absolute atomic E-state index is 12.3. The molecule has 0 aromatic heterocycles. The van der Waals surface area contributed by atoms with Crippen LogP contribution in [0.3, 0.4) is 0 Å². The summed E-state index contributed by atoms with van der Waals surface area (Å²) in [6.07, 6.45) is 0. The molecule has 0 spiro atoms. The smallest absolute Gasteiger partial charge is 0.337 e. The molecule has 0 aliphatic rings. The van der Waals surface area contributed by atoms with Gasteiger partial charge in [0.15, 0.2) is 0 Å². The molecule has 23 heavy (non-hydrogen) atoms. The second-order valence-electron chi connectivity index (χ2n) is 4.59. The van der Waals surface area contributed by atoms with Crippen LogP contribution < -0.4 is 4.72 Å². The van der Waals surface area contributed by atoms with Gasteiger partial charge in [0.1, 0.15) is 4.90 Å². The summed E-state index contributed by atoms with van der Waals surface area (Å²) in [7, 11) is -2.43. The van der Waals surface area contributed by atoms with Crippen LogP contribution in [0.4, 0.5) is 0 Å². The Morgan fingerprint density at radius 2 is 1.87 bits per heavy atom. The Kier molecular flexibility index (Phi) is 5.80. The van der Waals surface area contributed by atoms with Gasteiger partial charge in [-0.15, -0.1) is 0 Å². The van der Waals surface area contributed by atoms with Crippen molar-refractivity contribution in [2.75, 3.05) is 7.11 Å². The van der Waals surface area contributed by atoms with Gasteiger partial charge in [-0.25, -0.2) is 17.9 Å². The van der Waals surface area contributed by atoms with E-state index in [0.29, 0.717) is 15.6 Å². The zero-order chi connectivity index (χ0) is 17.0. The number of carbonyl (C=O) groups excluding carboxylic acids is 1. The maximum Gasteiger partial charge on any atom is 0.337 e. The fourth-order valence-electron chi connectivity index (χ4n) is 1.83. The van der Waals surface area contributed by atoms with Crippen LogP contribution in [0.15, 0.2) is 51.8 Å². The van der Waals surface area contributed by atoms with Crippen LogP contribution in [0.1, 0.15) is 15.9 Å². The highest BCUT2D eigenvalue weighted by atomic mass is 79.9. The Bertz CT molecular complexity index is 822. The minimum absolute atomic E-state index is 0.00791. The van der Waals surface area contributed by atoms with Crippen molar-refractivity contribution in [1.29, 1.82) is 0 Å². The van der Waals surface area contributed by atoms with E-state index in [1.54, 1.807) is 30.3 Å². The lowest BCUT2D eigenvalue weighted by Gasteiger charge is -2.09. The van der Waals surface area contributed by atoms with Crippen LogP contribution in [0, 0.1) is 0 Å². The van der Waals surface area contributed by atoms with Gasteiger partial charge in [-0.1, -0.05) is 39.7 Å². The molecule has 2 rings (SSSR count). The monoisotopic (exact) mass is 417 g/mol. The van der Waals surface area contributed by atoms with Crippen LogP contribution in [0.2, 0.25) is 5.02 Å². The summed E-state index contributed by atoms with van der Waals surface area (Å²) in [6, 6.07) is 11.0. The van der Waals surface area contributed by atoms with Gasteiger partial charge in [-0.3, -0.25) is 0 Å². The summed E-state index contributed by atoms with van der Waals surface area (Å²) in [6.45, 7) is 0.0795. The van der Waals surface area contributed by atoms with Crippen molar-refractivity contribution < 1.29 is 17.9 Å². The van der Waals surface area contributed by atoms with Gasteiger partial charge < -0.3 is 4.74 Å². The predicted molar refractivity (Wildman–Crippen MR) is 91.0 cm³/mol. The van der Waals surface area contributed by atoms with Gasteiger partial charge in [0.05, 0.1) is 17.7 Å². The van der Waals surface area contributed by atoms with Crippen LogP contribution in [0.25, 0.3) is 0 Å². The third kappa shape index (κ3) is 4.54. The SMILES string of the molecule is COC(=O)c1ccc(CNS(=O)(=O)c2ccc(Br)cc2Cl)cc1. The highest BCUT2D eigenvalue weighted by Gasteiger charge is 2.17. The molecule has 0 atom stereocenters. The maximum atomic E-state index is 12.3. The molecule has 5 nitrogen and oxygen atoms in total. The fourth-order valence-corrected chi connectivity index (χ4v) is 3.88. The Morgan fingerprint density at radius 3 is 2.43 bits per heavy atom. The van der Waals surface area contributed by atoms with E-state index >= 15 is 0 Å². The number of ether oxygens (including phenoxy) is 1. The normalized spacial score (nSPS) is 11.3. The summed E-state index contributed by atoms with van der Waals surface area (Å²) in [5.41, 5.74) is 1.10. The average Bonchev–Trinajstić information content (AvgIpc) is 2.52. The van der Waals surface area contributed by atoms with Gasteiger partial charge >= 0.3 is 5.97 Å². The van der Waals surface area contributed by atoms with E-state index < -0.39 is 16.0 Å². The van der Waals surface area contributed by atoms with Gasteiger partial charge in [0.2, 0.25) is 10.0 Å². The number of esters is 1. The van der Waals surface area contributed by atoms with E-state index in [1.165, 1.54) is 19.2 Å². The van der Waals surface area contributed by atoms with Gasteiger partial charge in [-0.05, 0) is 35.9 Å². The second-order valence-corrected chi connectivity index (χ2v) is 7.65. The summed E-state index contributed by atoms with van der Waals surface area (Å²) < 4.78 is 32.3. The average molecular weight is 419 g/mol. The van der Waals surface area contributed by atoms with E-state index in [1.807, 2.05) is 0 Å². The molecule has 0 saturated carbocycles. The third-order valence-electron chi connectivity index (χ3n) is 3.02. The van der Waals surface area contributed by atoms with Gasteiger partial charge in [-0.2, -0.15) is 0 Å². The number of methoxy groups -OCH3 is 1. The van der Waals surface area contributed by atoms with Crippen molar-refractivity contribution in [3.05, 3.63) is 63.1 Å². The minimum Gasteiger partial charge on any atom is -0.465 e. The molecule has 0 heterocycles. The van der Waals surface area contributed by atoms with Crippen LogP contribution in [-0.4, -0.2) is 21.5 Å². The van der Waals surface area contributed by atoms with E-state index in [4.69, 9.17) is 11.6 Å². The lowest BCUT2D eigenvalue weighted by molar-refractivity contribution is 0.0600. The molecule has 2 aromatic carbocycles. The summed E-state index contributed by atoms with van der Waals surface area (Å²) in [4.78, 5) is 11.3. The first kappa shape index (κ1) is 17.9. The Morgan fingerprint density at radius 1 is 1.22 bits per heavy atom. The molecule has 8 heteroatoms. The first-order chi connectivity index (χ1) is 10.8. The second kappa shape index (κ2) is 7.44. The molecule has 122 valence electrons. The molecule has 0 unspecified atom stereocenters. The first-order valence-corrected chi connectivity index (χ1v) is 9.11. The lowest BCUT2D eigenvalue weighted by atomic mass is 10.1. The standard InChI is InChI=1S/C15H13BrClNO4S/c1-22-15(19)11-4-2-10(3-5-11)9-18-23(20,21)14-7-6-12(16)8-13(14)17/h2-8,18H,9H2,1H3. The van der Waals surface area contributed by atoms with E-state index in [9.17, 15) is 13.2 Å². The Balaban J connectivity index is 2.11. The fraction of sp³-hybridized carbons (Fsp3) is 0.133. The lowest BCUT2D eigenvalue weighted by Crippen LogP contribution is -2.23. The van der Waals surface area contributed by atoms with E-state index in [2.05, 4.69) is 25.4 Å². The zero-order valence-corrected chi connectivity index (χ0v) is 15.2. The molecular weight excluding hydrogens is 406 g/mol. The number of carbonyl (C=O) groups is 1. The molecule has 0 amide bonds. The highest BCUT2D eigenvalue weighted by Crippen LogP contribution is 2.25. The number of sulfonamides is 1. The van der Waals surface area contributed by atoms with Crippen molar-refractivity contribution in [2.24, 2.45) is 0 Å². The number of hydrogen-bond acceptors (Lipinski definition) is 4. The molecule has 2 aromatic rings. The molecule has 0 fully saturated rings. The molecule has 1 N–H and O–H groups in total. The molecule has 0 aliphatic heterocycles. The van der Waals surface area contributed by atoms with Crippen LogP contribution >= 0.6 is 27.5 Å². The van der Waals surface area contributed by atoms with Crippen molar-refractivity contribution in [2.45, 2.75) is 11.4 Å². The van der Waals surface area contributed by atoms with E-state index in [-0.39, 0.29) is 16.5 Å². The van der Waals surface area contributed by atoms with Crippen molar-refractivity contribution in [3.8, 4) is 0 Å². The topological polar surface area (TPSA) is 72.5 Å². The molecule has 0 saturated heterocycles. The van der Waals surface area contributed by atoms with Crippen molar-refractivity contribution in [3.63, 3.8) is 0 Å².